The Bertz CT molecular complexity index is 562. The number of fused-ring (bicyclic) bond motifs is 1. The summed E-state index contributed by atoms with van der Waals surface area (Å²) >= 11 is 0. The number of piperidine rings is 2. The molecule has 134 valence electrons. The number of aryl methyl sites for hydroxylation is 3. The standard InChI is InChI=1S/C20H29NO2.ClH/c1-14-11-15(2)19(16(3)12-14)20(22)23-13-17-7-6-10-21-9-5-4-8-18(17)21;/h11-12,17-18H,4-10,13H2,1-3H3;1H. The Hall–Kier alpha value is -1.06. The molecular weight excluding hydrogens is 322 g/mol. The highest BCUT2D eigenvalue weighted by Gasteiger charge is 2.33. The number of hydrogen-bond donors (Lipinski definition) is 0. The lowest BCUT2D eigenvalue weighted by Crippen LogP contribution is -2.49. The zero-order valence-electron chi connectivity index (χ0n) is 15.1. The van der Waals surface area contributed by atoms with Gasteiger partial charge in [0.15, 0.2) is 0 Å². The highest BCUT2D eigenvalue weighted by molar-refractivity contribution is 5.92. The van der Waals surface area contributed by atoms with Crippen LogP contribution in [0.3, 0.4) is 0 Å². The van der Waals surface area contributed by atoms with E-state index in [0.29, 0.717) is 18.6 Å². The van der Waals surface area contributed by atoms with Crippen molar-refractivity contribution < 1.29 is 9.53 Å². The van der Waals surface area contributed by atoms with Gasteiger partial charge in [-0.1, -0.05) is 24.1 Å². The van der Waals surface area contributed by atoms with Gasteiger partial charge in [0.1, 0.15) is 0 Å². The largest absolute Gasteiger partial charge is 0.462 e. The molecule has 0 amide bonds. The van der Waals surface area contributed by atoms with Crippen molar-refractivity contribution in [1.82, 2.24) is 4.90 Å². The van der Waals surface area contributed by atoms with Crippen LogP contribution in [0, 0.1) is 26.7 Å². The van der Waals surface area contributed by atoms with Gasteiger partial charge in [-0.25, -0.2) is 4.79 Å². The molecule has 4 heteroatoms. The SMILES string of the molecule is Cc1cc(C)c(C(=O)OCC2CCCN3CCCCC23)c(C)c1.Cl. The van der Waals surface area contributed by atoms with Gasteiger partial charge in [0.05, 0.1) is 12.2 Å². The molecule has 3 rings (SSSR count). The first-order chi connectivity index (χ1) is 11.1. The third-order valence-corrected chi connectivity index (χ3v) is 5.54. The molecule has 0 saturated carbocycles. The van der Waals surface area contributed by atoms with Gasteiger partial charge in [-0.05, 0) is 70.7 Å². The lowest BCUT2D eigenvalue weighted by molar-refractivity contribution is 0.00730. The molecule has 0 aromatic heterocycles. The minimum absolute atomic E-state index is 0. The fraction of sp³-hybridized carbons (Fsp3) is 0.650. The number of rotatable bonds is 3. The van der Waals surface area contributed by atoms with Crippen molar-refractivity contribution in [1.29, 1.82) is 0 Å². The molecule has 2 saturated heterocycles. The normalized spacial score (nSPS) is 24.0. The zero-order chi connectivity index (χ0) is 16.4. The number of benzene rings is 1. The summed E-state index contributed by atoms with van der Waals surface area (Å²) in [6, 6.07) is 4.76. The van der Waals surface area contributed by atoms with Gasteiger partial charge in [0.2, 0.25) is 0 Å². The van der Waals surface area contributed by atoms with E-state index in [-0.39, 0.29) is 18.4 Å². The second-order valence-corrected chi connectivity index (χ2v) is 7.37. The van der Waals surface area contributed by atoms with E-state index in [1.54, 1.807) is 0 Å². The van der Waals surface area contributed by atoms with Gasteiger partial charge in [-0.2, -0.15) is 0 Å². The van der Waals surface area contributed by atoms with Gasteiger partial charge >= 0.3 is 5.97 Å². The first kappa shape index (κ1) is 19.3. The van der Waals surface area contributed by atoms with E-state index in [1.807, 2.05) is 13.8 Å². The molecule has 24 heavy (non-hydrogen) atoms. The molecule has 0 spiro atoms. The minimum atomic E-state index is -0.145. The second kappa shape index (κ2) is 8.35. The molecule has 1 aromatic carbocycles. The number of ether oxygens (including phenoxy) is 1. The Kier molecular flexibility index (Phi) is 6.70. The van der Waals surface area contributed by atoms with Crippen LogP contribution in [0.25, 0.3) is 0 Å². The molecule has 0 aliphatic carbocycles. The van der Waals surface area contributed by atoms with Crippen LogP contribution in [0.15, 0.2) is 12.1 Å². The maximum Gasteiger partial charge on any atom is 0.338 e. The van der Waals surface area contributed by atoms with E-state index in [1.165, 1.54) is 50.8 Å². The van der Waals surface area contributed by atoms with Gasteiger partial charge in [0, 0.05) is 12.0 Å². The summed E-state index contributed by atoms with van der Waals surface area (Å²) in [6.07, 6.45) is 6.35. The summed E-state index contributed by atoms with van der Waals surface area (Å²) in [5.74, 6) is 0.368. The fourth-order valence-corrected chi connectivity index (χ4v) is 4.53. The Morgan fingerprint density at radius 1 is 1.08 bits per heavy atom. The van der Waals surface area contributed by atoms with Crippen molar-refractivity contribution in [3.05, 3.63) is 34.4 Å². The Morgan fingerprint density at radius 2 is 1.75 bits per heavy atom. The molecule has 1 aromatic rings. The number of hydrogen-bond acceptors (Lipinski definition) is 3. The monoisotopic (exact) mass is 351 g/mol. The molecule has 2 aliphatic heterocycles. The summed E-state index contributed by atoms with van der Waals surface area (Å²) in [6.45, 7) is 9.10. The van der Waals surface area contributed by atoms with Crippen molar-refractivity contribution in [3.8, 4) is 0 Å². The predicted molar refractivity (Wildman–Crippen MR) is 100 cm³/mol. The molecule has 2 heterocycles. The summed E-state index contributed by atoms with van der Waals surface area (Å²) in [5, 5.41) is 0. The number of carbonyl (C=O) groups is 1. The first-order valence-electron chi connectivity index (χ1n) is 9.05. The number of nitrogens with zero attached hydrogens (tertiary/aromatic N) is 1. The van der Waals surface area contributed by atoms with Crippen molar-refractivity contribution in [2.45, 2.75) is 58.9 Å². The number of halogens is 1. The molecular formula is C20H30ClNO2. The van der Waals surface area contributed by atoms with E-state index < -0.39 is 0 Å². The van der Waals surface area contributed by atoms with Crippen molar-refractivity contribution >= 4 is 18.4 Å². The maximum absolute atomic E-state index is 12.6. The van der Waals surface area contributed by atoms with Crippen LogP contribution in [-0.4, -0.2) is 36.6 Å². The molecule has 0 bridgehead atoms. The zero-order valence-corrected chi connectivity index (χ0v) is 16.0. The number of esters is 1. The highest BCUT2D eigenvalue weighted by atomic mass is 35.5. The summed E-state index contributed by atoms with van der Waals surface area (Å²) in [4.78, 5) is 15.2. The fourth-order valence-electron chi connectivity index (χ4n) is 4.53. The first-order valence-corrected chi connectivity index (χ1v) is 9.05. The number of carbonyl (C=O) groups excluding carboxylic acids is 1. The predicted octanol–water partition coefficient (Wildman–Crippen LogP) is 4.45. The summed E-state index contributed by atoms with van der Waals surface area (Å²) in [7, 11) is 0. The van der Waals surface area contributed by atoms with E-state index in [9.17, 15) is 4.79 Å². The lowest BCUT2D eigenvalue weighted by Gasteiger charge is -2.44. The smallest absolute Gasteiger partial charge is 0.338 e. The Morgan fingerprint density at radius 3 is 2.46 bits per heavy atom. The topological polar surface area (TPSA) is 29.5 Å². The van der Waals surface area contributed by atoms with E-state index >= 15 is 0 Å². The van der Waals surface area contributed by atoms with E-state index in [0.717, 1.165) is 16.7 Å². The highest BCUT2D eigenvalue weighted by Crippen LogP contribution is 2.31. The van der Waals surface area contributed by atoms with Gasteiger partial charge < -0.3 is 4.74 Å². The van der Waals surface area contributed by atoms with Crippen LogP contribution in [0.1, 0.15) is 59.2 Å². The van der Waals surface area contributed by atoms with Crippen LogP contribution < -0.4 is 0 Å². The van der Waals surface area contributed by atoms with Gasteiger partial charge in [-0.15, -0.1) is 12.4 Å². The Labute approximate surface area is 152 Å². The van der Waals surface area contributed by atoms with Crippen LogP contribution in [-0.2, 0) is 4.74 Å². The van der Waals surface area contributed by atoms with Crippen LogP contribution in [0.4, 0.5) is 0 Å². The summed E-state index contributed by atoms with van der Waals surface area (Å²) < 4.78 is 5.75. The third kappa shape index (κ3) is 4.12. The van der Waals surface area contributed by atoms with E-state index in [4.69, 9.17) is 4.74 Å². The van der Waals surface area contributed by atoms with Crippen molar-refractivity contribution in [3.63, 3.8) is 0 Å². The average Bonchev–Trinajstić information content (AvgIpc) is 2.52. The molecule has 2 unspecified atom stereocenters. The minimum Gasteiger partial charge on any atom is -0.462 e. The van der Waals surface area contributed by atoms with Gasteiger partial charge in [0.25, 0.3) is 0 Å². The van der Waals surface area contributed by atoms with Crippen LogP contribution in [0.2, 0.25) is 0 Å². The molecule has 2 atom stereocenters. The quantitative estimate of drug-likeness (QED) is 0.753. The van der Waals surface area contributed by atoms with Crippen molar-refractivity contribution in [2.75, 3.05) is 19.7 Å². The molecule has 2 aliphatic rings. The molecule has 0 radical (unpaired) electrons. The van der Waals surface area contributed by atoms with Crippen molar-refractivity contribution in [2.24, 2.45) is 5.92 Å². The van der Waals surface area contributed by atoms with E-state index in [2.05, 4.69) is 24.0 Å². The molecule has 2 fully saturated rings. The second-order valence-electron chi connectivity index (χ2n) is 7.37. The van der Waals surface area contributed by atoms with Gasteiger partial charge in [-0.3, -0.25) is 4.90 Å². The lowest BCUT2D eigenvalue weighted by atomic mass is 9.84. The maximum atomic E-state index is 12.6. The van der Waals surface area contributed by atoms with Crippen LogP contribution >= 0.6 is 12.4 Å². The third-order valence-electron chi connectivity index (χ3n) is 5.54. The Balaban J connectivity index is 0.00000208. The summed E-state index contributed by atoms with van der Waals surface area (Å²) in [5.41, 5.74) is 4.00. The van der Waals surface area contributed by atoms with Crippen LogP contribution in [0.5, 0.6) is 0 Å². The average molecular weight is 352 g/mol. The molecule has 0 N–H and O–H groups in total. The molecule has 3 nitrogen and oxygen atoms in total.